The number of carboxylic acids is 1. The van der Waals surface area contributed by atoms with Crippen molar-refractivity contribution in [3.05, 3.63) is 29.6 Å². The molecule has 0 aromatic heterocycles. The maximum atomic E-state index is 13.5. The standard InChI is InChI=1S/C12H15FN2O3/c1-7(12(17)18)6-15(2)9-5-3-4-8(13)10(9)11(14)16/h3-5,7H,6H2,1-2H3,(H2,14,16)(H,17,18). The van der Waals surface area contributed by atoms with Crippen LogP contribution < -0.4 is 10.6 Å². The monoisotopic (exact) mass is 254 g/mol. The second kappa shape index (κ2) is 5.48. The lowest BCUT2D eigenvalue weighted by Gasteiger charge is -2.23. The number of nitrogens with zero attached hydrogens (tertiary/aromatic N) is 1. The summed E-state index contributed by atoms with van der Waals surface area (Å²) in [6.07, 6.45) is 0. The summed E-state index contributed by atoms with van der Waals surface area (Å²) in [6, 6.07) is 4.11. The van der Waals surface area contributed by atoms with Crippen LogP contribution in [0.4, 0.5) is 10.1 Å². The maximum absolute atomic E-state index is 13.5. The van der Waals surface area contributed by atoms with E-state index in [2.05, 4.69) is 0 Å². The number of anilines is 1. The first-order chi connectivity index (χ1) is 8.34. The van der Waals surface area contributed by atoms with Gasteiger partial charge in [-0.25, -0.2) is 4.39 Å². The average Bonchev–Trinajstić information content (AvgIpc) is 2.27. The molecule has 0 saturated heterocycles. The molecule has 3 N–H and O–H groups in total. The van der Waals surface area contributed by atoms with Crippen molar-refractivity contribution in [3.63, 3.8) is 0 Å². The Kier molecular flexibility index (Phi) is 4.25. The lowest BCUT2D eigenvalue weighted by Crippen LogP contribution is -2.30. The molecule has 1 aromatic rings. The van der Waals surface area contributed by atoms with Crippen molar-refractivity contribution in [2.45, 2.75) is 6.92 Å². The predicted molar refractivity (Wildman–Crippen MR) is 65.0 cm³/mol. The first-order valence-corrected chi connectivity index (χ1v) is 5.36. The fourth-order valence-electron chi connectivity index (χ4n) is 1.66. The summed E-state index contributed by atoms with van der Waals surface area (Å²) >= 11 is 0. The number of amides is 1. The lowest BCUT2D eigenvalue weighted by molar-refractivity contribution is -0.140. The molecule has 18 heavy (non-hydrogen) atoms. The highest BCUT2D eigenvalue weighted by atomic mass is 19.1. The summed E-state index contributed by atoms with van der Waals surface area (Å²) in [6.45, 7) is 1.68. The second-order valence-corrected chi connectivity index (χ2v) is 4.12. The molecule has 1 unspecified atom stereocenters. The number of halogens is 1. The summed E-state index contributed by atoms with van der Waals surface area (Å²) in [5.74, 6) is -3.19. The summed E-state index contributed by atoms with van der Waals surface area (Å²) in [5, 5.41) is 8.82. The van der Waals surface area contributed by atoms with E-state index in [1.165, 1.54) is 24.0 Å². The Morgan fingerprint density at radius 2 is 2.11 bits per heavy atom. The molecule has 98 valence electrons. The van der Waals surface area contributed by atoms with E-state index < -0.39 is 23.6 Å². The van der Waals surface area contributed by atoms with E-state index in [1.54, 1.807) is 7.05 Å². The van der Waals surface area contributed by atoms with Crippen molar-refractivity contribution in [1.82, 2.24) is 0 Å². The predicted octanol–water partition coefficient (Wildman–Crippen LogP) is 1.08. The highest BCUT2D eigenvalue weighted by molar-refractivity contribution is 5.99. The van der Waals surface area contributed by atoms with Gasteiger partial charge in [0.25, 0.3) is 5.91 Å². The number of carbonyl (C=O) groups is 2. The van der Waals surface area contributed by atoms with Crippen molar-refractivity contribution in [2.24, 2.45) is 11.7 Å². The van der Waals surface area contributed by atoms with Crippen LogP contribution in [-0.2, 0) is 4.79 Å². The van der Waals surface area contributed by atoms with Crippen LogP contribution in [0.3, 0.4) is 0 Å². The number of hydrogen-bond acceptors (Lipinski definition) is 3. The van der Waals surface area contributed by atoms with Crippen LogP contribution in [0.25, 0.3) is 0 Å². The van der Waals surface area contributed by atoms with E-state index in [-0.39, 0.29) is 17.8 Å². The molecule has 1 rings (SSSR count). The minimum absolute atomic E-state index is 0.152. The molecule has 5 nitrogen and oxygen atoms in total. The molecule has 0 aliphatic carbocycles. The third kappa shape index (κ3) is 2.97. The molecule has 0 fully saturated rings. The molecular weight excluding hydrogens is 239 g/mol. The van der Waals surface area contributed by atoms with Crippen molar-refractivity contribution in [1.29, 1.82) is 0 Å². The maximum Gasteiger partial charge on any atom is 0.308 e. The van der Waals surface area contributed by atoms with E-state index in [0.29, 0.717) is 0 Å². The molecule has 0 aliphatic rings. The van der Waals surface area contributed by atoms with Crippen molar-refractivity contribution in [3.8, 4) is 0 Å². The zero-order chi connectivity index (χ0) is 13.9. The molecular formula is C12H15FN2O3. The Hall–Kier alpha value is -2.11. The Morgan fingerprint density at radius 1 is 1.50 bits per heavy atom. The highest BCUT2D eigenvalue weighted by Gasteiger charge is 2.20. The number of carbonyl (C=O) groups excluding carboxylic acids is 1. The molecule has 1 aromatic carbocycles. The van der Waals surface area contributed by atoms with E-state index in [9.17, 15) is 14.0 Å². The largest absolute Gasteiger partial charge is 0.481 e. The molecule has 0 spiro atoms. The Morgan fingerprint density at radius 3 is 2.61 bits per heavy atom. The van der Waals surface area contributed by atoms with Gasteiger partial charge in [-0.3, -0.25) is 9.59 Å². The molecule has 0 bridgehead atoms. The number of carboxylic acid groups (broad SMARTS) is 1. The van der Waals surface area contributed by atoms with Crippen LogP contribution in [0, 0.1) is 11.7 Å². The lowest BCUT2D eigenvalue weighted by atomic mass is 10.1. The van der Waals surface area contributed by atoms with Gasteiger partial charge in [-0.15, -0.1) is 0 Å². The first kappa shape index (κ1) is 14.0. The van der Waals surface area contributed by atoms with E-state index in [0.717, 1.165) is 6.07 Å². The fraction of sp³-hybridized carbons (Fsp3) is 0.333. The van der Waals surface area contributed by atoms with Crippen LogP contribution in [0.1, 0.15) is 17.3 Å². The normalized spacial score (nSPS) is 11.9. The third-order valence-electron chi connectivity index (χ3n) is 2.62. The van der Waals surface area contributed by atoms with E-state index in [4.69, 9.17) is 10.8 Å². The molecule has 0 radical (unpaired) electrons. The minimum Gasteiger partial charge on any atom is -0.481 e. The Labute approximate surface area is 104 Å². The number of benzene rings is 1. The van der Waals surface area contributed by atoms with Crippen LogP contribution >= 0.6 is 0 Å². The Bertz CT molecular complexity index is 476. The zero-order valence-electron chi connectivity index (χ0n) is 10.2. The van der Waals surface area contributed by atoms with Gasteiger partial charge >= 0.3 is 5.97 Å². The SMILES string of the molecule is CC(CN(C)c1cccc(F)c1C(N)=O)C(=O)O. The van der Waals surface area contributed by atoms with Crippen molar-refractivity contribution in [2.75, 3.05) is 18.5 Å². The summed E-state index contributed by atoms with van der Waals surface area (Å²) in [5.41, 5.74) is 5.19. The number of nitrogens with two attached hydrogens (primary N) is 1. The molecule has 1 atom stereocenters. The summed E-state index contributed by atoms with van der Waals surface area (Å²) < 4.78 is 13.5. The van der Waals surface area contributed by atoms with Gasteiger partial charge in [-0.1, -0.05) is 13.0 Å². The van der Waals surface area contributed by atoms with Crippen LogP contribution in [0.15, 0.2) is 18.2 Å². The minimum atomic E-state index is -0.959. The summed E-state index contributed by atoms with van der Waals surface area (Å²) in [4.78, 5) is 23.5. The van der Waals surface area contributed by atoms with Gasteiger partial charge in [-0.05, 0) is 12.1 Å². The Balaban J connectivity index is 3.06. The van der Waals surface area contributed by atoms with Crippen molar-refractivity contribution < 1.29 is 19.1 Å². The second-order valence-electron chi connectivity index (χ2n) is 4.12. The van der Waals surface area contributed by atoms with Crippen LogP contribution in [0.5, 0.6) is 0 Å². The molecule has 1 amide bonds. The van der Waals surface area contributed by atoms with Gasteiger partial charge in [0.2, 0.25) is 0 Å². The number of aliphatic carboxylic acids is 1. The third-order valence-corrected chi connectivity index (χ3v) is 2.62. The molecule has 0 saturated carbocycles. The quantitative estimate of drug-likeness (QED) is 0.823. The fourth-order valence-corrected chi connectivity index (χ4v) is 1.66. The van der Waals surface area contributed by atoms with E-state index >= 15 is 0 Å². The number of primary amides is 1. The van der Waals surface area contributed by atoms with Gasteiger partial charge < -0.3 is 15.7 Å². The highest BCUT2D eigenvalue weighted by Crippen LogP contribution is 2.22. The van der Waals surface area contributed by atoms with Crippen molar-refractivity contribution >= 4 is 17.6 Å². The van der Waals surface area contributed by atoms with Gasteiger partial charge in [0.05, 0.1) is 17.2 Å². The first-order valence-electron chi connectivity index (χ1n) is 5.36. The van der Waals surface area contributed by atoms with Crippen LogP contribution in [-0.4, -0.2) is 30.6 Å². The van der Waals surface area contributed by atoms with E-state index in [1.807, 2.05) is 0 Å². The van der Waals surface area contributed by atoms with Crippen LogP contribution in [0.2, 0.25) is 0 Å². The van der Waals surface area contributed by atoms with Gasteiger partial charge in [0, 0.05) is 13.6 Å². The smallest absolute Gasteiger partial charge is 0.308 e. The van der Waals surface area contributed by atoms with Gasteiger partial charge in [0.1, 0.15) is 5.82 Å². The number of rotatable bonds is 5. The molecule has 0 heterocycles. The molecule has 0 aliphatic heterocycles. The zero-order valence-corrected chi connectivity index (χ0v) is 10.2. The number of hydrogen-bond donors (Lipinski definition) is 2. The molecule has 6 heteroatoms. The average molecular weight is 254 g/mol. The van der Waals surface area contributed by atoms with Gasteiger partial charge in [0.15, 0.2) is 0 Å². The summed E-state index contributed by atoms with van der Waals surface area (Å²) in [7, 11) is 1.58. The topological polar surface area (TPSA) is 83.6 Å². The van der Waals surface area contributed by atoms with Gasteiger partial charge in [-0.2, -0.15) is 0 Å².